The van der Waals surface area contributed by atoms with Gasteiger partial charge in [0.1, 0.15) is 0 Å². The highest BCUT2D eigenvalue weighted by Crippen LogP contribution is 2.23. The van der Waals surface area contributed by atoms with Crippen molar-refractivity contribution in [2.24, 2.45) is 0 Å². The SMILES string of the molecule is CN(Cc1ccccc1)C(=O)c1ccc(Cl)c(Cl)c1. The molecule has 4 heteroatoms. The summed E-state index contributed by atoms with van der Waals surface area (Å²) in [5, 5.41) is 0.838. The Kier molecular flexibility index (Phi) is 4.46. The topological polar surface area (TPSA) is 20.3 Å². The zero-order valence-corrected chi connectivity index (χ0v) is 11.9. The summed E-state index contributed by atoms with van der Waals surface area (Å²) in [4.78, 5) is 13.9. The molecule has 2 rings (SSSR count). The second kappa shape index (κ2) is 6.09. The third kappa shape index (κ3) is 3.49. The molecule has 0 bridgehead atoms. The van der Waals surface area contributed by atoms with Gasteiger partial charge in [0, 0.05) is 19.2 Å². The number of hydrogen-bond acceptors (Lipinski definition) is 1. The van der Waals surface area contributed by atoms with E-state index in [9.17, 15) is 4.79 Å². The van der Waals surface area contributed by atoms with Gasteiger partial charge in [0.15, 0.2) is 0 Å². The van der Waals surface area contributed by atoms with E-state index in [4.69, 9.17) is 23.2 Å². The maximum atomic E-state index is 12.2. The van der Waals surface area contributed by atoms with E-state index in [0.717, 1.165) is 5.56 Å². The molecule has 0 spiro atoms. The second-order valence-corrected chi connectivity index (χ2v) is 5.09. The Hall–Kier alpha value is -1.51. The quantitative estimate of drug-likeness (QED) is 0.828. The molecule has 0 N–H and O–H groups in total. The van der Waals surface area contributed by atoms with Crippen molar-refractivity contribution in [3.05, 3.63) is 69.7 Å². The molecule has 0 fully saturated rings. The van der Waals surface area contributed by atoms with Crippen LogP contribution in [0.4, 0.5) is 0 Å². The largest absolute Gasteiger partial charge is 0.337 e. The van der Waals surface area contributed by atoms with Crippen LogP contribution in [0.2, 0.25) is 10.0 Å². The molecule has 2 nitrogen and oxygen atoms in total. The second-order valence-electron chi connectivity index (χ2n) is 4.28. The minimum Gasteiger partial charge on any atom is -0.337 e. The van der Waals surface area contributed by atoms with Gasteiger partial charge in [-0.15, -0.1) is 0 Å². The predicted molar refractivity (Wildman–Crippen MR) is 78.7 cm³/mol. The first-order valence-electron chi connectivity index (χ1n) is 5.82. The number of hydrogen-bond donors (Lipinski definition) is 0. The van der Waals surface area contributed by atoms with Gasteiger partial charge in [0.25, 0.3) is 5.91 Å². The smallest absolute Gasteiger partial charge is 0.253 e. The minimum absolute atomic E-state index is 0.0811. The van der Waals surface area contributed by atoms with Crippen molar-refractivity contribution in [3.63, 3.8) is 0 Å². The molecule has 0 aromatic heterocycles. The van der Waals surface area contributed by atoms with Crippen molar-refractivity contribution in [1.29, 1.82) is 0 Å². The number of amides is 1. The monoisotopic (exact) mass is 293 g/mol. The van der Waals surface area contributed by atoms with E-state index in [0.29, 0.717) is 22.2 Å². The molecule has 19 heavy (non-hydrogen) atoms. The fraction of sp³-hybridized carbons (Fsp3) is 0.133. The number of carbonyl (C=O) groups is 1. The summed E-state index contributed by atoms with van der Waals surface area (Å²) >= 11 is 11.8. The third-order valence-electron chi connectivity index (χ3n) is 2.78. The lowest BCUT2D eigenvalue weighted by Gasteiger charge is -2.17. The number of nitrogens with zero attached hydrogens (tertiary/aromatic N) is 1. The molecule has 0 aliphatic rings. The summed E-state index contributed by atoms with van der Waals surface area (Å²) in [6, 6.07) is 14.7. The number of rotatable bonds is 3. The van der Waals surface area contributed by atoms with Crippen LogP contribution in [0.15, 0.2) is 48.5 Å². The van der Waals surface area contributed by atoms with Crippen LogP contribution < -0.4 is 0 Å². The summed E-state index contributed by atoms with van der Waals surface area (Å²) in [5.41, 5.74) is 1.62. The van der Waals surface area contributed by atoms with E-state index in [1.807, 2.05) is 30.3 Å². The lowest BCUT2D eigenvalue weighted by atomic mass is 10.1. The van der Waals surface area contributed by atoms with Crippen LogP contribution in [0.1, 0.15) is 15.9 Å². The van der Waals surface area contributed by atoms with E-state index in [1.54, 1.807) is 30.1 Å². The van der Waals surface area contributed by atoms with E-state index in [2.05, 4.69) is 0 Å². The molecule has 0 heterocycles. The maximum absolute atomic E-state index is 12.2. The maximum Gasteiger partial charge on any atom is 0.253 e. The summed E-state index contributed by atoms with van der Waals surface area (Å²) in [7, 11) is 1.76. The predicted octanol–water partition coefficient (Wildman–Crippen LogP) is 4.27. The molecule has 0 radical (unpaired) electrons. The third-order valence-corrected chi connectivity index (χ3v) is 3.51. The van der Waals surface area contributed by atoms with E-state index in [-0.39, 0.29) is 5.91 Å². The van der Waals surface area contributed by atoms with Crippen LogP contribution in [0.25, 0.3) is 0 Å². The van der Waals surface area contributed by atoms with Gasteiger partial charge in [0.05, 0.1) is 10.0 Å². The van der Waals surface area contributed by atoms with Crippen LogP contribution in [0, 0.1) is 0 Å². The first kappa shape index (κ1) is 13.9. The van der Waals surface area contributed by atoms with E-state index in [1.165, 1.54) is 0 Å². The van der Waals surface area contributed by atoms with Gasteiger partial charge >= 0.3 is 0 Å². The molecule has 2 aromatic rings. The highest BCUT2D eigenvalue weighted by molar-refractivity contribution is 6.42. The molecule has 1 amide bonds. The van der Waals surface area contributed by atoms with Gasteiger partial charge in [-0.1, -0.05) is 53.5 Å². The number of benzene rings is 2. The number of halogens is 2. The fourth-order valence-electron chi connectivity index (χ4n) is 1.78. The fourth-order valence-corrected chi connectivity index (χ4v) is 2.08. The standard InChI is InChI=1S/C15H13Cl2NO/c1-18(10-11-5-3-2-4-6-11)15(19)12-7-8-13(16)14(17)9-12/h2-9H,10H2,1H3. The van der Waals surface area contributed by atoms with Crippen molar-refractivity contribution in [2.75, 3.05) is 7.05 Å². The molecule has 0 unspecified atom stereocenters. The average molecular weight is 294 g/mol. The van der Waals surface area contributed by atoms with Gasteiger partial charge < -0.3 is 4.90 Å². The van der Waals surface area contributed by atoms with Crippen molar-refractivity contribution < 1.29 is 4.79 Å². The summed E-state index contributed by atoms with van der Waals surface area (Å²) in [5.74, 6) is -0.0811. The zero-order chi connectivity index (χ0) is 13.8. The van der Waals surface area contributed by atoms with Gasteiger partial charge in [-0.25, -0.2) is 0 Å². The van der Waals surface area contributed by atoms with Gasteiger partial charge in [-0.05, 0) is 23.8 Å². The highest BCUT2D eigenvalue weighted by Gasteiger charge is 2.13. The molecule has 98 valence electrons. The Labute approximate surface area is 122 Å². The first-order valence-corrected chi connectivity index (χ1v) is 6.58. The molecular weight excluding hydrogens is 281 g/mol. The zero-order valence-electron chi connectivity index (χ0n) is 10.4. The van der Waals surface area contributed by atoms with Crippen LogP contribution >= 0.6 is 23.2 Å². The van der Waals surface area contributed by atoms with Crippen LogP contribution in [-0.2, 0) is 6.54 Å². The molecular formula is C15H13Cl2NO. The molecule has 0 aliphatic heterocycles. The first-order chi connectivity index (χ1) is 9.08. The Balaban J connectivity index is 2.12. The van der Waals surface area contributed by atoms with Gasteiger partial charge in [-0.3, -0.25) is 4.79 Å². The Morgan fingerprint density at radius 2 is 1.74 bits per heavy atom. The van der Waals surface area contributed by atoms with Crippen molar-refractivity contribution in [2.45, 2.75) is 6.54 Å². The molecule has 0 aliphatic carbocycles. The number of carbonyl (C=O) groups excluding carboxylic acids is 1. The van der Waals surface area contributed by atoms with Crippen LogP contribution in [0.3, 0.4) is 0 Å². The Morgan fingerprint density at radius 1 is 1.05 bits per heavy atom. The summed E-state index contributed by atoms with van der Waals surface area (Å²) in [6.45, 7) is 0.555. The van der Waals surface area contributed by atoms with Crippen molar-refractivity contribution in [3.8, 4) is 0 Å². The Bertz CT molecular complexity index is 584. The average Bonchev–Trinajstić information content (AvgIpc) is 2.42. The van der Waals surface area contributed by atoms with E-state index >= 15 is 0 Å². The lowest BCUT2D eigenvalue weighted by molar-refractivity contribution is 0.0785. The molecule has 0 saturated carbocycles. The van der Waals surface area contributed by atoms with Crippen LogP contribution in [-0.4, -0.2) is 17.9 Å². The Morgan fingerprint density at radius 3 is 2.37 bits per heavy atom. The normalized spacial score (nSPS) is 10.3. The highest BCUT2D eigenvalue weighted by atomic mass is 35.5. The minimum atomic E-state index is -0.0811. The summed E-state index contributed by atoms with van der Waals surface area (Å²) in [6.07, 6.45) is 0. The molecule has 0 atom stereocenters. The van der Waals surface area contributed by atoms with Gasteiger partial charge in [0.2, 0.25) is 0 Å². The summed E-state index contributed by atoms with van der Waals surface area (Å²) < 4.78 is 0. The van der Waals surface area contributed by atoms with Gasteiger partial charge in [-0.2, -0.15) is 0 Å². The van der Waals surface area contributed by atoms with Crippen LogP contribution in [0.5, 0.6) is 0 Å². The molecule has 0 saturated heterocycles. The van der Waals surface area contributed by atoms with E-state index < -0.39 is 0 Å². The van der Waals surface area contributed by atoms with Crippen molar-refractivity contribution in [1.82, 2.24) is 4.90 Å². The lowest BCUT2D eigenvalue weighted by Crippen LogP contribution is -2.26. The van der Waals surface area contributed by atoms with Crippen molar-refractivity contribution >= 4 is 29.1 Å². The molecule has 2 aromatic carbocycles.